The summed E-state index contributed by atoms with van der Waals surface area (Å²) in [5.41, 5.74) is 0. The highest BCUT2D eigenvalue weighted by molar-refractivity contribution is 5.81. The third kappa shape index (κ3) is 9.22. The lowest BCUT2D eigenvalue weighted by Crippen LogP contribution is -2.11. The lowest BCUT2D eigenvalue weighted by Gasteiger charge is -2.07. The normalized spacial score (nSPS) is 10.2. The molecule has 0 aromatic rings. The Kier molecular flexibility index (Phi) is 8.17. The molecule has 0 saturated carbocycles. The number of hydrogen-bond acceptors (Lipinski definition) is 4. The fourth-order valence-corrected chi connectivity index (χ4v) is 0.654. The summed E-state index contributed by atoms with van der Waals surface area (Å²) in [7, 11) is 0. The van der Waals surface area contributed by atoms with Gasteiger partial charge in [-0.15, -0.1) is 0 Å². The first-order chi connectivity index (χ1) is 6.66. The van der Waals surface area contributed by atoms with Crippen LogP contribution in [0.25, 0.3) is 0 Å². The van der Waals surface area contributed by atoms with E-state index in [1.54, 1.807) is 0 Å². The maximum absolute atomic E-state index is 10.5. The highest BCUT2D eigenvalue weighted by Crippen LogP contribution is 1.91. The zero-order chi connectivity index (χ0) is 10.8. The van der Waals surface area contributed by atoms with Gasteiger partial charge in [-0.05, 0) is 5.92 Å². The minimum Gasteiger partial charge on any atom is -0.435 e. The monoisotopic (exact) mass is 202 g/mol. The number of rotatable bonds is 8. The molecule has 0 rings (SSSR count). The largest absolute Gasteiger partial charge is 0.435 e. The lowest BCUT2D eigenvalue weighted by atomic mass is 10.2. The van der Waals surface area contributed by atoms with E-state index in [1.807, 2.05) is 0 Å². The minimum atomic E-state index is -0.479. The van der Waals surface area contributed by atoms with Crippen LogP contribution in [-0.4, -0.2) is 32.6 Å². The molecule has 0 heterocycles. The summed E-state index contributed by atoms with van der Waals surface area (Å²) in [6.07, 6.45) is 1.10. The summed E-state index contributed by atoms with van der Waals surface area (Å²) in [4.78, 5) is 10.5. The van der Waals surface area contributed by atoms with Gasteiger partial charge in [0, 0.05) is 12.7 Å². The second-order valence-corrected chi connectivity index (χ2v) is 3.16. The average molecular weight is 202 g/mol. The van der Waals surface area contributed by atoms with Crippen molar-refractivity contribution in [3.63, 3.8) is 0 Å². The molecule has 0 unspecified atom stereocenters. The first-order valence-corrected chi connectivity index (χ1v) is 4.61. The summed E-state index contributed by atoms with van der Waals surface area (Å²) < 4.78 is 14.8. The topological polar surface area (TPSA) is 44.8 Å². The number of esters is 1. The van der Waals surface area contributed by atoms with Crippen LogP contribution in [0, 0.1) is 5.92 Å². The molecule has 0 fully saturated rings. The average Bonchev–Trinajstić information content (AvgIpc) is 2.15. The van der Waals surface area contributed by atoms with Gasteiger partial charge < -0.3 is 14.2 Å². The number of hydrogen-bond donors (Lipinski definition) is 0. The van der Waals surface area contributed by atoms with Gasteiger partial charge in [0.15, 0.2) is 6.79 Å². The molecule has 14 heavy (non-hydrogen) atoms. The summed E-state index contributed by atoms with van der Waals surface area (Å²) in [6.45, 7) is 9.02. The van der Waals surface area contributed by atoms with Gasteiger partial charge >= 0.3 is 5.97 Å². The van der Waals surface area contributed by atoms with Crippen LogP contribution in [0.5, 0.6) is 0 Å². The molecule has 4 heteroatoms. The lowest BCUT2D eigenvalue weighted by molar-refractivity contribution is -0.151. The predicted molar refractivity (Wildman–Crippen MR) is 52.8 cm³/mol. The summed E-state index contributed by atoms with van der Waals surface area (Å²) in [6, 6.07) is 0. The third-order valence-corrected chi connectivity index (χ3v) is 1.27. The molecule has 0 saturated heterocycles. The van der Waals surface area contributed by atoms with E-state index >= 15 is 0 Å². The minimum absolute atomic E-state index is 0.0457. The summed E-state index contributed by atoms with van der Waals surface area (Å²) in [5.74, 6) is 0.0432. The maximum Gasteiger partial charge on any atom is 0.332 e. The molecule has 0 aromatic carbocycles. The van der Waals surface area contributed by atoms with E-state index in [9.17, 15) is 4.79 Å². The third-order valence-electron chi connectivity index (χ3n) is 1.27. The van der Waals surface area contributed by atoms with Crippen molar-refractivity contribution in [3.8, 4) is 0 Å². The Morgan fingerprint density at radius 2 is 2.00 bits per heavy atom. The van der Waals surface area contributed by atoms with E-state index in [-0.39, 0.29) is 6.79 Å². The second-order valence-electron chi connectivity index (χ2n) is 3.16. The van der Waals surface area contributed by atoms with Crippen LogP contribution in [0.4, 0.5) is 0 Å². The molecule has 0 bridgehead atoms. The van der Waals surface area contributed by atoms with Gasteiger partial charge in [-0.2, -0.15) is 0 Å². The van der Waals surface area contributed by atoms with E-state index in [1.165, 1.54) is 0 Å². The van der Waals surface area contributed by atoms with Gasteiger partial charge in [0.1, 0.15) is 0 Å². The van der Waals surface area contributed by atoms with Crippen molar-refractivity contribution in [1.82, 2.24) is 0 Å². The summed E-state index contributed by atoms with van der Waals surface area (Å²) in [5, 5.41) is 0. The Morgan fingerprint density at radius 3 is 2.57 bits per heavy atom. The molecule has 0 atom stereocenters. The van der Waals surface area contributed by atoms with Gasteiger partial charge in [0.2, 0.25) is 0 Å². The van der Waals surface area contributed by atoms with Crippen LogP contribution in [0.2, 0.25) is 0 Å². The van der Waals surface area contributed by atoms with E-state index in [4.69, 9.17) is 9.47 Å². The van der Waals surface area contributed by atoms with Gasteiger partial charge in [-0.25, -0.2) is 4.79 Å². The van der Waals surface area contributed by atoms with Crippen molar-refractivity contribution < 1.29 is 19.0 Å². The van der Waals surface area contributed by atoms with Crippen LogP contribution in [0.15, 0.2) is 12.7 Å². The molecule has 0 N–H and O–H groups in total. The quantitative estimate of drug-likeness (QED) is 0.258. The number of carbonyl (C=O) groups excluding carboxylic acids is 1. The number of ether oxygens (including phenoxy) is 3. The smallest absolute Gasteiger partial charge is 0.332 e. The van der Waals surface area contributed by atoms with E-state index in [0.29, 0.717) is 19.1 Å². The zero-order valence-electron chi connectivity index (χ0n) is 8.82. The standard InChI is InChI=1S/C10H18O4/c1-4-10(11)14-8-13-6-5-12-7-9(2)3/h4,9H,1,5-8H2,2-3H3. The molecule has 0 spiro atoms. The maximum atomic E-state index is 10.5. The molecule has 0 aromatic heterocycles. The molecular weight excluding hydrogens is 184 g/mol. The van der Waals surface area contributed by atoms with Crippen molar-refractivity contribution in [2.45, 2.75) is 13.8 Å². The van der Waals surface area contributed by atoms with E-state index in [2.05, 4.69) is 25.2 Å². The van der Waals surface area contributed by atoms with Crippen LogP contribution in [-0.2, 0) is 19.0 Å². The van der Waals surface area contributed by atoms with Gasteiger partial charge in [0.25, 0.3) is 0 Å². The van der Waals surface area contributed by atoms with Gasteiger partial charge in [-0.1, -0.05) is 20.4 Å². The molecule has 82 valence electrons. The Balaban J connectivity index is 3.06. The van der Waals surface area contributed by atoms with Crippen LogP contribution in [0.1, 0.15) is 13.8 Å². The molecule has 0 aliphatic rings. The Hall–Kier alpha value is -0.870. The fourth-order valence-electron chi connectivity index (χ4n) is 0.654. The molecule has 0 radical (unpaired) electrons. The molecular formula is C10H18O4. The van der Waals surface area contributed by atoms with Crippen LogP contribution in [0.3, 0.4) is 0 Å². The highest BCUT2D eigenvalue weighted by Gasteiger charge is 1.95. The van der Waals surface area contributed by atoms with Crippen molar-refractivity contribution in [2.75, 3.05) is 26.6 Å². The fraction of sp³-hybridized carbons (Fsp3) is 0.700. The highest BCUT2D eigenvalue weighted by atomic mass is 16.7. The first kappa shape index (κ1) is 13.1. The number of carbonyl (C=O) groups is 1. The summed E-state index contributed by atoms with van der Waals surface area (Å²) >= 11 is 0. The molecule has 0 aliphatic heterocycles. The first-order valence-electron chi connectivity index (χ1n) is 4.61. The van der Waals surface area contributed by atoms with E-state index in [0.717, 1.165) is 12.7 Å². The van der Waals surface area contributed by atoms with Crippen LogP contribution >= 0.6 is 0 Å². The zero-order valence-corrected chi connectivity index (χ0v) is 8.82. The van der Waals surface area contributed by atoms with Gasteiger partial charge in [0.05, 0.1) is 13.2 Å². The molecule has 0 aliphatic carbocycles. The predicted octanol–water partition coefficient (Wildman–Crippen LogP) is 1.36. The van der Waals surface area contributed by atoms with E-state index < -0.39 is 5.97 Å². The Labute approximate surface area is 84.8 Å². The van der Waals surface area contributed by atoms with Gasteiger partial charge in [-0.3, -0.25) is 0 Å². The van der Waals surface area contributed by atoms with Crippen molar-refractivity contribution >= 4 is 5.97 Å². The second kappa shape index (κ2) is 8.72. The van der Waals surface area contributed by atoms with Crippen LogP contribution < -0.4 is 0 Å². The van der Waals surface area contributed by atoms with Crippen molar-refractivity contribution in [3.05, 3.63) is 12.7 Å². The SMILES string of the molecule is C=CC(=O)OCOCCOCC(C)C. The molecule has 4 nitrogen and oxygen atoms in total. The van der Waals surface area contributed by atoms with Crippen molar-refractivity contribution in [2.24, 2.45) is 5.92 Å². The van der Waals surface area contributed by atoms with Crippen molar-refractivity contribution in [1.29, 1.82) is 0 Å². The Bertz CT molecular complexity index is 166. The molecule has 0 amide bonds. The Morgan fingerprint density at radius 1 is 1.36 bits per heavy atom.